The number of carbonyl (C=O) groups excluding carboxylic acids is 1. The van der Waals surface area contributed by atoms with Crippen molar-refractivity contribution in [3.8, 4) is 0 Å². The number of nitrogen functional groups attached to an aromatic ring is 1. The minimum atomic E-state index is 0.101. The van der Waals surface area contributed by atoms with Crippen LogP contribution in [0, 0.1) is 6.92 Å². The normalized spacial score (nSPS) is 19.9. The largest absolute Gasteiger partial charge is 0.398 e. The van der Waals surface area contributed by atoms with Crippen LogP contribution >= 0.6 is 11.8 Å². The molecule has 0 saturated carbocycles. The summed E-state index contributed by atoms with van der Waals surface area (Å²) in [4.78, 5) is 12.1. The molecule has 4 heteroatoms. The van der Waals surface area contributed by atoms with Crippen LogP contribution in [-0.4, -0.2) is 16.9 Å². The number of anilines is 2. The maximum Gasteiger partial charge on any atom is 0.237 e. The van der Waals surface area contributed by atoms with Crippen LogP contribution in [0.3, 0.4) is 0 Å². The predicted octanol–water partition coefficient (Wildman–Crippen LogP) is 2.80. The lowest BCUT2D eigenvalue weighted by Crippen LogP contribution is -2.27. The van der Waals surface area contributed by atoms with Gasteiger partial charge in [0.05, 0.1) is 5.25 Å². The molecule has 1 aliphatic heterocycles. The molecule has 1 aromatic rings. The number of nitrogens with two attached hydrogens (primary N) is 1. The van der Waals surface area contributed by atoms with E-state index in [4.69, 9.17) is 5.73 Å². The maximum absolute atomic E-state index is 12.1. The van der Waals surface area contributed by atoms with E-state index < -0.39 is 0 Å². The van der Waals surface area contributed by atoms with Crippen molar-refractivity contribution in [3.05, 3.63) is 23.8 Å². The summed E-state index contributed by atoms with van der Waals surface area (Å²) in [6, 6.07) is 5.61. The zero-order valence-electron chi connectivity index (χ0n) is 10.0. The number of rotatable bonds is 2. The Morgan fingerprint density at radius 3 is 3.00 bits per heavy atom. The summed E-state index contributed by atoms with van der Waals surface area (Å²) in [6.45, 7) is 1.93. The molecule has 1 aromatic carbocycles. The number of amides is 1. The number of hydrogen-bond acceptors (Lipinski definition) is 3. The molecule has 3 nitrogen and oxygen atoms in total. The van der Waals surface area contributed by atoms with Crippen LogP contribution < -0.4 is 11.1 Å². The zero-order chi connectivity index (χ0) is 12.3. The van der Waals surface area contributed by atoms with Gasteiger partial charge in [0.1, 0.15) is 0 Å². The summed E-state index contributed by atoms with van der Waals surface area (Å²) in [5.41, 5.74) is 8.32. The first-order valence-corrected chi connectivity index (χ1v) is 7.01. The van der Waals surface area contributed by atoms with Gasteiger partial charge in [-0.3, -0.25) is 4.79 Å². The van der Waals surface area contributed by atoms with Gasteiger partial charge >= 0.3 is 0 Å². The average Bonchev–Trinajstić information content (AvgIpc) is 2.36. The minimum absolute atomic E-state index is 0.101. The Hall–Kier alpha value is -1.16. The van der Waals surface area contributed by atoms with Crippen LogP contribution in [0.15, 0.2) is 18.2 Å². The molecule has 1 atom stereocenters. The van der Waals surface area contributed by atoms with E-state index in [-0.39, 0.29) is 11.2 Å². The molecular weight excluding hydrogens is 232 g/mol. The topological polar surface area (TPSA) is 55.1 Å². The van der Waals surface area contributed by atoms with Crippen LogP contribution in [0.4, 0.5) is 11.4 Å². The highest BCUT2D eigenvalue weighted by molar-refractivity contribution is 8.00. The van der Waals surface area contributed by atoms with Crippen LogP contribution in [0.25, 0.3) is 0 Å². The summed E-state index contributed by atoms with van der Waals surface area (Å²) in [5, 5.41) is 3.08. The summed E-state index contributed by atoms with van der Waals surface area (Å²) < 4.78 is 0. The Labute approximate surface area is 106 Å². The van der Waals surface area contributed by atoms with Gasteiger partial charge in [-0.2, -0.15) is 0 Å². The Balaban J connectivity index is 2.04. The molecule has 3 N–H and O–H groups in total. The Morgan fingerprint density at radius 1 is 1.47 bits per heavy atom. The molecule has 1 saturated heterocycles. The van der Waals surface area contributed by atoms with E-state index in [1.54, 1.807) is 11.8 Å². The SMILES string of the molecule is Cc1c(N)cccc1NC(=O)C1CCCCS1. The van der Waals surface area contributed by atoms with Crippen molar-refractivity contribution in [3.63, 3.8) is 0 Å². The van der Waals surface area contributed by atoms with Crippen LogP contribution in [0.5, 0.6) is 0 Å². The van der Waals surface area contributed by atoms with E-state index in [9.17, 15) is 4.79 Å². The monoisotopic (exact) mass is 250 g/mol. The highest BCUT2D eigenvalue weighted by Gasteiger charge is 2.22. The Morgan fingerprint density at radius 2 is 2.29 bits per heavy atom. The van der Waals surface area contributed by atoms with Crippen molar-refractivity contribution >= 4 is 29.0 Å². The zero-order valence-corrected chi connectivity index (χ0v) is 10.8. The van der Waals surface area contributed by atoms with Crippen molar-refractivity contribution in [1.82, 2.24) is 0 Å². The third kappa shape index (κ3) is 2.94. The van der Waals surface area contributed by atoms with Gasteiger partial charge in [-0.1, -0.05) is 12.5 Å². The Kier molecular flexibility index (Phi) is 3.94. The summed E-state index contributed by atoms with van der Waals surface area (Å²) in [5.74, 6) is 1.21. The second kappa shape index (κ2) is 5.45. The first-order chi connectivity index (χ1) is 8.18. The van der Waals surface area contributed by atoms with Gasteiger partial charge in [-0.15, -0.1) is 11.8 Å². The van der Waals surface area contributed by atoms with Crippen molar-refractivity contribution in [2.24, 2.45) is 0 Å². The van der Waals surface area contributed by atoms with Crippen LogP contribution in [0.1, 0.15) is 24.8 Å². The standard InChI is InChI=1S/C13H18N2OS/c1-9-10(14)5-4-6-11(9)15-13(16)12-7-2-3-8-17-12/h4-6,12H,2-3,7-8,14H2,1H3,(H,15,16). The summed E-state index contributed by atoms with van der Waals surface area (Å²) in [6.07, 6.45) is 3.37. The van der Waals surface area contributed by atoms with E-state index in [2.05, 4.69) is 5.32 Å². The second-order valence-corrected chi connectivity index (χ2v) is 5.67. The molecule has 0 aromatic heterocycles. The van der Waals surface area contributed by atoms with Crippen molar-refractivity contribution < 1.29 is 4.79 Å². The number of nitrogens with one attached hydrogen (secondary N) is 1. The molecule has 0 bridgehead atoms. The fourth-order valence-corrected chi connectivity index (χ4v) is 3.15. The smallest absolute Gasteiger partial charge is 0.237 e. The molecule has 2 rings (SSSR count). The maximum atomic E-state index is 12.1. The van der Waals surface area contributed by atoms with Crippen molar-refractivity contribution in [2.45, 2.75) is 31.4 Å². The highest BCUT2D eigenvalue weighted by atomic mass is 32.2. The number of thioether (sulfide) groups is 1. The molecule has 0 aliphatic carbocycles. The van der Waals surface area contributed by atoms with Gasteiger partial charge < -0.3 is 11.1 Å². The van der Waals surface area contributed by atoms with Crippen LogP contribution in [0.2, 0.25) is 0 Å². The van der Waals surface area contributed by atoms with Gasteiger partial charge in [0.25, 0.3) is 0 Å². The van der Waals surface area contributed by atoms with Gasteiger partial charge in [0, 0.05) is 11.4 Å². The number of hydrogen-bond donors (Lipinski definition) is 2. The fourth-order valence-electron chi connectivity index (χ4n) is 1.95. The van der Waals surface area contributed by atoms with E-state index in [1.165, 1.54) is 6.42 Å². The molecule has 1 amide bonds. The van der Waals surface area contributed by atoms with E-state index in [0.29, 0.717) is 0 Å². The van der Waals surface area contributed by atoms with Crippen molar-refractivity contribution in [2.75, 3.05) is 16.8 Å². The minimum Gasteiger partial charge on any atom is -0.398 e. The van der Waals surface area contributed by atoms with E-state index in [1.807, 2.05) is 25.1 Å². The summed E-state index contributed by atoms with van der Waals surface area (Å²) in [7, 11) is 0. The third-order valence-electron chi connectivity index (χ3n) is 3.11. The molecule has 1 aliphatic rings. The Bertz CT molecular complexity index is 414. The van der Waals surface area contributed by atoms with Crippen LogP contribution in [-0.2, 0) is 4.79 Å². The fraction of sp³-hybridized carbons (Fsp3) is 0.462. The quantitative estimate of drug-likeness (QED) is 0.794. The highest BCUT2D eigenvalue weighted by Crippen LogP contribution is 2.27. The second-order valence-electron chi connectivity index (χ2n) is 4.36. The molecule has 17 heavy (non-hydrogen) atoms. The third-order valence-corrected chi connectivity index (χ3v) is 4.48. The lowest BCUT2D eigenvalue weighted by atomic mass is 10.1. The first kappa shape index (κ1) is 12.3. The van der Waals surface area contributed by atoms with E-state index in [0.717, 1.165) is 35.5 Å². The lowest BCUT2D eigenvalue weighted by Gasteiger charge is -2.21. The average molecular weight is 250 g/mol. The van der Waals surface area contributed by atoms with Crippen molar-refractivity contribution in [1.29, 1.82) is 0 Å². The summed E-state index contributed by atoms with van der Waals surface area (Å²) >= 11 is 1.76. The van der Waals surface area contributed by atoms with E-state index >= 15 is 0 Å². The van der Waals surface area contributed by atoms with Gasteiger partial charge in [0.15, 0.2) is 0 Å². The molecule has 0 radical (unpaired) electrons. The molecular formula is C13H18N2OS. The van der Waals surface area contributed by atoms with Gasteiger partial charge in [-0.25, -0.2) is 0 Å². The van der Waals surface area contributed by atoms with Gasteiger partial charge in [0.2, 0.25) is 5.91 Å². The molecule has 1 heterocycles. The molecule has 1 unspecified atom stereocenters. The molecule has 0 spiro atoms. The number of benzene rings is 1. The van der Waals surface area contributed by atoms with Gasteiger partial charge in [-0.05, 0) is 43.2 Å². The molecule has 92 valence electrons. The predicted molar refractivity (Wildman–Crippen MR) is 74.3 cm³/mol. The molecule has 1 fully saturated rings. The first-order valence-electron chi connectivity index (χ1n) is 5.96. The lowest BCUT2D eigenvalue weighted by molar-refractivity contribution is -0.115. The number of carbonyl (C=O) groups is 1.